The first-order chi connectivity index (χ1) is 11.8. The van der Waals surface area contributed by atoms with Gasteiger partial charge in [0.1, 0.15) is 29.9 Å². The predicted molar refractivity (Wildman–Crippen MR) is 94.3 cm³/mol. The molecule has 0 radical (unpaired) electrons. The monoisotopic (exact) mass is 378 g/mol. The number of carbonyl (C=O) groups is 1. The van der Waals surface area contributed by atoms with Crippen molar-refractivity contribution >= 4 is 17.7 Å². The van der Waals surface area contributed by atoms with Crippen LogP contribution in [0.3, 0.4) is 0 Å². The molecular formula is C16H30N2O6S. The van der Waals surface area contributed by atoms with Gasteiger partial charge in [-0.25, -0.2) is 0 Å². The van der Waals surface area contributed by atoms with Crippen LogP contribution < -0.4 is 5.32 Å². The van der Waals surface area contributed by atoms with Gasteiger partial charge in [-0.05, 0) is 39.6 Å². The van der Waals surface area contributed by atoms with Crippen LogP contribution in [0.5, 0.6) is 0 Å². The average molecular weight is 378 g/mol. The summed E-state index contributed by atoms with van der Waals surface area (Å²) < 4.78 is 11.2. The van der Waals surface area contributed by atoms with Crippen molar-refractivity contribution in [2.75, 3.05) is 27.0 Å². The molecule has 9 heteroatoms. The quantitative estimate of drug-likeness (QED) is 0.455. The summed E-state index contributed by atoms with van der Waals surface area (Å²) in [6.45, 7) is 2.63. The van der Waals surface area contributed by atoms with Crippen LogP contribution in [0, 0.1) is 0 Å². The summed E-state index contributed by atoms with van der Waals surface area (Å²) in [5, 5.41) is 33.5. The number of amides is 1. The minimum absolute atomic E-state index is 0.147. The van der Waals surface area contributed by atoms with Gasteiger partial charge < -0.3 is 30.1 Å². The average Bonchev–Trinajstić information content (AvgIpc) is 3.03. The van der Waals surface area contributed by atoms with Gasteiger partial charge in [-0.1, -0.05) is 0 Å². The fraction of sp³-hybridized carbons (Fsp3) is 0.938. The zero-order chi connectivity index (χ0) is 18.7. The minimum atomic E-state index is -1.35. The van der Waals surface area contributed by atoms with E-state index in [4.69, 9.17) is 9.47 Å². The Morgan fingerprint density at radius 3 is 2.52 bits per heavy atom. The summed E-state index contributed by atoms with van der Waals surface area (Å²) in [5.41, 5.74) is -0.694. The van der Waals surface area contributed by atoms with Gasteiger partial charge in [0.25, 0.3) is 0 Å². The molecule has 0 spiro atoms. The molecule has 0 aromatic carbocycles. The van der Waals surface area contributed by atoms with E-state index in [1.54, 1.807) is 13.2 Å². The SMILES string of the molecule is CO[C@H](C)[C@@H](NC(=O)[C@@H]1CCCN1C)[C@H]1O[C@H](SC)[C@H](O)[C@@H](O)[C@H]1O. The summed E-state index contributed by atoms with van der Waals surface area (Å²) in [7, 11) is 3.42. The lowest BCUT2D eigenvalue weighted by molar-refractivity contribution is -0.212. The van der Waals surface area contributed by atoms with Crippen molar-refractivity contribution in [3.8, 4) is 0 Å². The van der Waals surface area contributed by atoms with Crippen LogP contribution in [-0.2, 0) is 14.3 Å². The molecule has 0 saturated carbocycles. The Morgan fingerprint density at radius 2 is 2.00 bits per heavy atom. The number of rotatable bonds is 6. The van der Waals surface area contributed by atoms with Gasteiger partial charge in [0.05, 0.1) is 18.2 Å². The predicted octanol–water partition coefficient (Wildman–Crippen LogP) is -1.23. The van der Waals surface area contributed by atoms with Crippen LogP contribution in [0.2, 0.25) is 0 Å². The maximum absolute atomic E-state index is 12.7. The fourth-order valence-electron chi connectivity index (χ4n) is 3.48. The molecule has 4 N–H and O–H groups in total. The molecule has 0 aromatic rings. The highest BCUT2D eigenvalue weighted by Gasteiger charge is 2.48. The normalized spacial score (nSPS) is 39.2. The number of likely N-dealkylation sites (N-methyl/N-ethyl adjacent to an activating group) is 1. The number of carbonyl (C=O) groups excluding carboxylic acids is 1. The molecule has 2 aliphatic rings. The lowest BCUT2D eigenvalue weighted by atomic mass is 9.92. The molecular weight excluding hydrogens is 348 g/mol. The van der Waals surface area contributed by atoms with Crippen molar-refractivity contribution < 1.29 is 29.6 Å². The molecule has 2 aliphatic heterocycles. The van der Waals surface area contributed by atoms with Gasteiger partial charge in [-0.2, -0.15) is 0 Å². The number of likely N-dealkylation sites (tertiary alicyclic amines) is 1. The zero-order valence-electron chi connectivity index (χ0n) is 15.2. The molecule has 2 saturated heterocycles. The molecule has 146 valence electrons. The number of nitrogens with zero attached hydrogens (tertiary/aromatic N) is 1. The van der Waals surface area contributed by atoms with Crippen LogP contribution in [0.15, 0.2) is 0 Å². The Bertz CT molecular complexity index is 454. The van der Waals surface area contributed by atoms with Crippen LogP contribution >= 0.6 is 11.8 Å². The molecule has 25 heavy (non-hydrogen) atoms. The second-order valence-corrected chi connectivity index (χ2v) is 7.73. The summed E-state index contributed by atoms with van der Waals surface area (Å²) >= 11 is 1.24. The molecule has 0 unspecified atom stereocenters. The lowest BCUT2D eigenvalue weighted by Gasteiger charge is -2.44. The number of aliphatic hydroxyl groups is 3. The van der Waals surface area contributed by atoms with Crippen LogP contribution in [0.4, 0.5) is 0 Å². The van der Waals surface area contributed by atoms with E-state index in [-0.39, 0.29) is 11.9 Å². The standard InChI is InChI=1S/C16H30N2O6S/c1-8(23-3)10(17-15(22)9-6-5-7-18(9)2)14-12(20)11(19)13(21)16(24-14)25-4/h8-14,16,19-21H,5-7H2,1-4H3,(H,17,22)/t8-,9+,10-,11+,12-,13-,14-,16-/m1/s1. The van der Waals surface area contributed by atoms with Gasteiger partial charge in [0.15, 0.2) is 0 Å². The largest absolute Gasteiger partial charge is 0.388 e. The first-order valence-electron chi connectivity index (χ1n) is 8.57. The maximum Gasteiger partial charge on any atom is 0.237 e. The Balaban J connectivity index is 2.16. The Labute approximate surface area is 152 Å². The Hall–Kier alpha value is -0.420. The van der Waals surface area contributed by atoms with Gasteiger partial charge in [0, 0.05) is 7.11 Å². The molecule has 0 aromatic heterocycles. The topological polar surface area (TPSA) is 111 Å². The van der Waals surface area contributed by atoms with Crippen LogP contribution in [-0.4, -0.2) is 101 Å². The Morgan fingerprint density at radius 1 is 1.32 bits per heavy atom. The van der Waals surface area contributed by atoms with Crippen LogP contribution in [0.25, 0.3) is 0 Å². The molecule has 8 atom stereocenters. The number of nitrogens with one attached hydrogen (secondary N) is 1. The van der Waals surface area contributed by atoms with Crippen molar-refractivity contribution in [1.82, 2.24) is 10.2 Å². The second-order valence-electron chi connectivity index (χ2n) is 6.79. The van der Waals surface area contributed by atoms with E-state index in [0.717, 1.165) is 19.4 Å². The van der Waals surface area contributed by atoms with E-state index >= 15 is 0 Å². The van der Waals surface area contributed by atoms with Crippen molar-refractivity contribution in [3.63, 3.8) is 0 Å². The molecule has 0 bridgehead atoms. The highest BCUT2D eigenvalue weighted by molar-refractivity contribution is 7.99. The van der Waals surface area contributed by atoms with Crippen molar-refractivity contribution in [1.29, 1.82) is 0 Å². The number of methoxy groups -OCH3 is 1. The van der Waals surface area contributed by atoms with Crippen LogP contribution in [0.1, 0.15) is 19.8 Å². The van der Waals surface area contributed by atoms with E-state index in [1.165, 1.54) is 18.9 Å². The van der Waals surface area contributed by atoms with Gasteiger partial charge in [-0.15, -0.1) is 11.8 Å². The zero-order valence-corrected chi connectivity index (χ0v) is 16.0. The number of ether oxygens (including phenoxy) is 2. The van der Waals surface area contributed by atoms with Crippen molar-refractivity contribution in [2.45, 2.75) is 67.8 Å². The molecule has 2 rings (SSSR count). The number of hydrogen-bond donors (Lipinski definition) is 4. The maximum atomic E-state index is 12.7. The summed E-state index contributed by atoms with van der Waals surface area (Å²) in [5.74, 6) is -0.147. The molecule has 8 nitrogen and oxygen atoms in total. The lowest BCUT2D eigenvalue weighted by Crippen LogP contribution is -2.65. The fourth-order valence-corrected chi connectivity index (χ4v) is 4.16. The van der Waals surface area contributed by atoms with Gasteiger partial charge >= 0.3 is 0 Å². The molecule has 2 heterocycles. The van der Waals surface area contributed by atoms with E-state index in [9.17, 15) is 20.1 Å². The first-order valence-corrected chi connectivity index (χ1v) is 9.86. The second kappa shape index (κ2) is 8.98. The summed E-state index contributed by atoms with van der Waals surface area (Å²) in [4.78, 5) is 14.7. The van der Waals surface area contributed by atoms with E-state index in [2.05, 4.69) is 5.32 Å². The first kappa shape index (κ1) is 20.9. The minimum Gasteiger partial charge on any atom is -0.388 e. The van der Waals surface area contributed by atoms with Crippen molar-refractivity contribution in [3.05, 3.63) is 0 Å². The third-order valence-electron chi connectivity index (χ3n) is 5.20. The van der Waals surface area contributed by atoms with Gasteiger partial charge in [0.2, 0.25) is 5.91 Å². The van der Waals surface area contributed by atoms with E-state index in [0.29, 0.717) is 0 Å². The summed E-state index contributed by atoms with van der Waals surface area (Å²) in [6, 6.07) is -0.877. The molecule has 0 aliphatic carbocycles. The van der Waals surface area contributed by atoms with E-state index < -0.39 is 42.0 Å². The highest BCUT2D eigenvalue weighted by Crippen LogP contribution is 2.30. The third kappa shape index (κ3) is 4.47. The highest BCUT2D eigenvalue weighted by atomic mass is 32.2. The number of thioether (sulfide) groups is 1. The van der Waals surface area contributed by atoms with Crippen molar-refractivity contribution in [2.24, 2.45) is 0 Å². The number of aliphatic hydroxyl groups excluding tert-OH is 3. The number of hydrogen-bond acceptors (Lipinski definition) is 8. The Kier molecular flexibility index (Phi) is 7.51. The smallest absolute Gasteiger partial charge is 0.237 e. The van der Waals surface area contributed by atoms with E-state index in [1.807, 2.05) is 11.9 Å². The van der Waals surface area contributed by atoms with Gasteiger partial charge in [-0.3, -0.25) is 9.69 Å². The molecule has 2 fully saturated rings. The molecule has 1 amide bonds. The third-order valence-corrected chi connectivity index (χ3v) is 6.06. The summed E-state index contributed by atoms with van der Waals surface area (Å²) in [6.07, 6.45) is -1.73.